The molecule has 0 aromatic rings. The molecule has 0 bridgehead atoms. The average Bonchev–Trinajstić information content (AvgIpc) is 2.65. The topological polar surface area (TPSA) is 61.6 Å². The van der Waals surface area contributed by atoms with Crippen LogP contribution in [-0.2, 0) is 14.3 Å². The van der Waals surface area contributed by atoms with E-state index >= 15 is 0 Å². The fourth-order valence-electron chi connectivity index (χ4n) is 1.22. The zero-order valence-electron chi connectivity index (χ0n) is 7.99. The van der Waals surface area contributed by atoms with Gasteiger partial charge in [-0.05, 0) is 19.3 Å². The van der Waals surface area contributed by atoms with Gasteiger partial charge in [-0.25, -0.2) is 0 Å². The van der Waals surface area contributed by atoms with Gasteiger partial charge in [0.15, 0.2) is 0 Å². The van der Waals surface area contributed by atoms with Gasteiger partial charge in [-0.2, -0.15) is 0 Å². The molecule has 0 aromatic carbocycles. The molecule has 0 aliphatic carbocycles. The largest absolute Gasteiger partial charge is 0.462 e. The van der Waals surface area contributed by atoms with Gasteiger partial charge in [0.05, 0.1) is 6.10 Å². The van der Waals surface area contributed by atoms with Crippen molar-refractivity contribution in [1.82, 2.24) is 0 Å². The van der Waals surface area contributed by atoms with Crippen LogP contribution in [0, 0.1) is 0 Å². The van der Waals surface area contributed by atoms with E-state index in [1.807, 2.05) is 6.92 Å². The van der Waals surface area contributed by atoms with Gasteiger partial charge in [-0.3, -0.25) is 4.79 Å². The second kappa shape index (κ2) is 5.19. The molecule has 0 amide bonds. The monoisotopic (exact) mass is 187 g/mol. The molecule has 0 radical (unpaired) electrons. The molecule has 0 spiro atoms. The molecule has 1 aliphatic heterocycles. The van der Waals surface area contributed by atoms with Gasteiger partial charge < -0.3 is 15.2 Å². The second-order valence-corrected chi connectivity index (χ2v) is 3.28. The van der Waals surface area contributed by atoms with Crippen LogP contribution in [0.3, 0.4) is 0 Å². The summed E-state index contributed by atoms with van der Waals surface area (Å²) in [7, 11) is 0. The van der Waals surface area contributed by atoms with Crippen molar-refractivity contribution in [3.63, 3.8) is 0 Å². The first kappa shape index (κ1) is 10.5. The number of esters is 1. The molecule has 0 saturated carbocycles. The van der Waals surface area contributed by atoms with E-state index in [-0.39, 0.29) is 12.1 Å². The van der Waals surface area contributed by atoms with Gasteiger partial charge in [0, 0.05) is 6.61 Å². The first-order valence-corrected chi connectivity index (χ1v) is 4.78. The Morgan fingerprint density at radius 1 is 1.77 bits per heavy atom. The van der Waals surface area contributed by atoms with Crippen LogP contribution in [0.25, 0.3) is 0 Å². The lowest BCUT2D eigenvalue weighted by Gasteiger charge is -2.12. The van der Waals surface area contributed by atoms with Gasteiger partial charge in [-0.15, -0.1) is 0 Å². The van der Waals surface area contributed by atoms with E-state index in [1.54, 1.807) is 0 Å². The van der Waals surface area contributed by atoms with Crippen LogP contribution < -0.4 is 5.73 Å². The number of carbonyl (C=O) groups is 1. The van der Waals surface area contributed by atoms with E-state index in [9.17, 15) is 4.79 Å². The third-order valence-electron chi connectivity index (χ3n) is 2.18. The van der Waals surface area contributed by atoms with E-state index in [2.05, 4.69) is 0 Å². The zero-order chi connectivity index (χ0) is 9.68. The fraction of sp³-hybridized carbons (Fsp3) is 0.889. The van der Waals surface area contributed by atoms with Crippen molar-refractivity contribution in [3.8, 4) is 0 Å². The summed E-state index contributed by atoms with van der Waals surface area (Å²) < 4.78 is 10.3. The number of ether oxygens (including phenoxy) is 2. The Kier molecular flexibility index (Phi) is 4.18. The lowest BCUT2D eigenvalue weighted by Crippen LogP contribution is -2.33. The van der Waals surface area contributed by atoms with Gasteiger partial charge in [0.25, 0.3) is 0 Å². The number of nitrogens with two attached hydrogens (primary N) is 1. The molecule has 2 atom stereocenters. The van der Waals surface area contributed by atoms with Gasteiger partial charge in [-0.1, -0.05) is 6.92 Å². The Bertz CT molecular complexity index is 166. The minimum Gasteiger partial charge on any atom is -0.462 e. The van der Waals surface area contributed by atoms with Crippen LogP contribution in [0.15, 0.2) is 0 Å². The lowest BCUT2D eigenvalue weighted by atomic mass is 10.2. The van der Waals surface area contributed by atoms with E-state index < -0.39 is 6.04 Å². The van der Waals surface area contributed by atoms with E-state index in [1.165, 1.54) is 0 Å². The predicted molar refractivity (Wildman–Crippen MR) is 48.2 cm³/mol. The highest BCUT2D eigenvalue weighted by Gasteiger charge is 2.19. The minimum absolute atomic E-state index is 0.0907. The third kappa shape index (κ3) is 3.32. The summed E-state index contributed by atoms with van der Waals surface area (Å²) in [5, 5.41) is 0. The van der Waals surface area contributed by atoms with Crippen molar-refractivity contribution in [2.24, 2.45) is 5.73 Å². The number of rotatable bonds is 4. The Hall–Kier alpha value is -0.610. The molecule has 4 nitrogen and oxygen atoms in total. The molecule has 1 fully saturated rings. The molecule has 76 valence electrons. The van der Waals surface area contributed by atoms with Crippen LogP contribution in [0.4, 0.5) is 0 Å². The molecule has 13 heavy (non-hydrogen) atoms. The van der Waals surface area contributed by atoms with Crippen molar-refractivity contribution in [1.29, 1.82) is 0 Å². The minimum atomic E-state index is -0.485. The van der Waals surface area contributed by atoms with Crippen molar-refractivity contribution >= 4 is 5.97 Å². The SMILES string of the molecule is CCC(N)C(=O)OCC1CCCO1. The molecule has 1 saturated heterocycles. The normalized spacial score (nSPS) is 24.3. The zero-order valence-corrected chi connectivity index (χ0v) is 7.99. The molecular weight excluding hydrogens is 170 g/mol. The van der Waals surface area contributed by atoms with Crippen LogP contribution >= 0.6 is 0 Å². The maximum atomic E-state index is 11.1. The Morgan fingerprint density at radius 3 is 3.08 bits per heavy atom. The summed E-state index contributed by atoms with van der Waals surface area (Å²) in [4.78, 5) is 11.1. The average molecular weight is 187 g/mol. The maximum absolute atomic E-state index is 11.1. The summed E-state index contributed by atoms with van der Waals surface area (Å²) in [6, 6.07) is -0.485. The van der Waals surface area contributed by atoms with Crippen molar-refractivity contribution < 1.29 is 14.3 Å². The van der Waals surface area contributed by atoms with Crippen LogP contribution in [0.2, 0.25) is 0 Å². The third-order valence-corrected chi connectivity index (χ3v) is 2.18. The maximum Gasteiger partial charge on any atom is 0.322 e. The predicted octanol–water partition coefficient (Wildman–Crippen LogP) is 0.446. The number of hydrogen-bond donors (Lipinski definition) is 1. The first-order valence-electron chi connectivity index (χ1n) is 4.78. The molecule has 2 unspecified atom stereocenters. The van der Waals surface area contributed by atoms with Gasteiger partial charge >= 0.3 is 5.97 Å². The van der Waals surface area contributed by atoms with Crippen molar-refractivity contribution in [2.75, 3.05) is 13.2 Å². The summed E-state index contributed by atoms with van der Waals surface area (Å²) in [5.41, 5.74) is 5.49. The molecule has 1 heterocycles. The highest BCUT2D eigenvalue weighted by atomic mass is 16.6. The highest BCUT2D eigenvalue weighted by Crippen LogP contribution is 2.12. The first-order chi connectivity index (χ1) is 6.24. The second-order valence-electron chi connectivity index (χ2n) is 3.28. The summed E-state index contributed by atoms with van der Waals surface area (Å²) >= 11 is 0. The van der Waals surface area contributed by atoms with Crippen molar-refractivity contribution in [2.45, 2.75) is 38.3 Å². The molecule has 4 heteroatoms. The Labute approximate surface area is 78.4 Å². The number of carbonyl (C=O) groups excluding carboxylic acids is 1. The summed E-state index contributed by atoms with van der Waals surface area (Å²) in [6.07, 6.45) is 2.74. The lowest BCUT2D eigenvalue weighted by molar-refractivity contribution is -0.148. The van der Waals surface area contributed by atoms with E-state index in [4.69, 9.17) is 15.2 Å². The molecule has 1 rings (SSSR count). The van der Waals surface area contributed by atoms with Crippen molar-refractivity contribution in [3.05, 3.63) is 0 Å². The standard InChI is InChI=1S/C9H17NO3/c1-2-8(10)9(11)13-6-7-4-3-5-12-7/h7-8H,2-6,10H2,1H3. The fourth-order valence-corrected chi connectivity index (χ4v) is 1.22. The molecular formula is C9H17NO3. The van der Waals surface area contributed by atoms with Gasteiger partial charge in [0.1, 0.15) is 12.6 Å². The van der Waals surface area contributed by atoms with Gasteiger partial charge in [0.2, 0.25) is 0 Å². The smallest absolute Gasteiger partial charge is 0.322 e. The summed E-state index contributed by atoms with van der Waals surface area (Å²) in [5.74, 6) is -0.321. The van der Waals surface area contributed by atoms with Crippen LogP contribution in [0.1, 0.15) is 26.2 Å². The molecule has 2 N–H and O–H groups in total. The van der Waals surface area contributed by atoms with Crippen LogP contribution in [-0.4, -0.2) is 31.3 Å². The quantitative estimate of drug-likeness (QED) is 0.649. The Morgan fingerprint density at radius 2 is 2.54 bits per heavy atom. The van der Waals surface area contributed by atoms with E-state index in [0.29, 0.717) is 13.0 Å². The Balaban J connectivity index is 2.13. The highest BCUT2D eigenvalue weighted by molar-refractivity contribution is 5.75. The summed E-state index contributed by atoms with van der Waals surface area (Å²) in [6.45, 7) is 2.99. The molecule has 0 aromatic heterocycles. The van der Waals surface area contributed by atoms with Crippen LogP contribution in [0.5, 0.6) is 0 Å². The molecule has 1 aliphatic rings. The number of hydrogen-bond acceptors (Lipinski definition) is 4. The van der Waals surface area contributed by atoms with E-state index in [0.717, 1.165) is 19.4 Å².